The third-order valence-electron chi connectivity index (χ3n) is 3.97. The summed E-state index contributed by atoms with van der Waals surface area (Å²) in [7, 11) is 2.99. The molecule has 0 saturated heterocycles. The van der Waals surface area contributed by atoms with Gasteiger partial charge in [-0.1, -0.05) is 18.2 Å². The molecule has 9 heteroatoms. The van der Waals surface area contributed by atoms with Crippen LogP contribution < -0.4 is 15.4 Å². The van der Waals surface area contributed by atoms with Crippen molar-refractivity contribution in [3.63, 3.8) is 0 Å². The Morgan fingerprint density at radius 1 is 1.10 bits per heavy atom. The molecule has 29 heavy (non-hydrogen) atoms. The zero-order chi connectivity index (χ0) is 21.6. The molecule has 6 nitrogen and oxygen atoms in total. The van der Waals surface area contributed by atoms with E-state index in [0.29, 0.717) is 17.1 Å². The Balaban J connectivity index is 2.07. The summed E-state index contributed by atoms with van der Waals surface area (Å²) in [6.45, 7) is 1.17. The number of nitrogens with one attached hydrogen (secondary N) is 2. The van der Waals surface area contributed by atoms with E-state index in [9.17, 15) is 22.8 Å². The first-order chi connectivity index (χ1) is 13.6. The number of ether oxygens (including phenoxy) is 1. The molecule has 0 aromatic heterocycles. The number of carbonyl (C=O) groups is 2. The lowest BCUT2D eigenvalue weighted by atomic mass is 10.1. The molecule has 0 unspecified atom stereocenters. The van der Waals surface area contributed by atoms with Crippen LogP contribution in [0.5, 0.6) is 5.75 Å². The molecule has 2 amide bonds. The minimum absolute atomic E-state index is 0.0494. The molecule has 0 heterocycles. The third-order valence-corrected chi connectivity index (χ3v) is 3.97. The largest absolute Gasteiger partial charge is 0.495 e. The topological polar surface area (TPSA) is 70.7 Å². The van der Waals surface area contributed by atoms with E-state index in [-0.39, 0.29) is 24.6 Å². The average Bonchev–Trinajstić information content (AvgIpc) is 2.60. The van der Waals surface area contributed by atoms with Gasteiger partial charge in [0.05, 0.1) is 24.9 Å². The molecule has 0 aliphatic carbocycles. The maximum Gasteiger partial charge on any atom is 0.416 e. The summed E-state index contributed by atoms with van der Waals surface area (Å²) in [6.07, 6.45) is -4.46. The van der Waals surface area contributed by atoms with Gasteiger partial charge >= 0.3 is 6.18 Å². The van der Waals surface area contributed by atoms with Gasteiger partial charge in [0, 0.05) is 19.2 Å². The van der Waals surface area contributed by atoms with Crippen molar-refractivity contribution < 1.29 is 27.5 Å². The average molecular weight is 409 g/mol. The van der Waals surface area contributed by atoms with E-state index in [2.05, 4.69) is 10.6 Å². The molecule has 0 saturated carbocycles. The van der Waals surface area contributed by atoms with E-state index in [0.717, 1.165) is 6.07 Å². The fraction of sp³-hybridized carbons (Fsp3) is 0.300. The van der Waals surface area contributed by atoms with Crippen LogP contribution >= 0.6 is 0 Å². The minimum Gasteiger partial charge on any atom is -0.495 e. The smallest absolute Gasteiger partial charge is 0.416 e. The molecule has 156 valence electrons. The highest BCUT2D eigenvalue weighted by Gasteiger charge is 2.33. The highest BCUT2D eigenvalue weighted by molar-refractivity contribution is 5.95. The summed E-state index contributed by atoms with van der Waals surface area (Å²) >= 11 is 0. The standard InChI is InChI=1S/C20H22F3N3O3/c1-13(27)24-15-8-9-18(29-3)17(10-15)25-19(28)12-26(2)11-14-6-4-5-7-16(14)20(21,22)23/h4-10H,11-12H2,1-3H3,(H,24,27)(H,25,28). The Labute approximate surface area is 166 Å². The van der Waals surface area contributed by atoms with Gasteiger partial charge in [-0.05, 0) is 36.9 Å². The highest BCUT2D eigenvalue weighted by atomic mass is 19.4. The van der Waals surface area contributed by atoms with E-state index in [1.807, 2.05) is 0 Å². The van der Waals surface area contributed by atoms with Crippen molar-refractivity contribution in [3.8, 4) is 5.75 Å². The predicted octanol–water partition coefficient (Wildman–Crippen LogP) is 3.74. The molecule has 2 N–H and O–H groups in total. The molecular weight excluding hydrogens is 387 g/mol. The molecule has 2 aromatic rings. The lowest BCUT2D eigenvalue weighted by Gasteiger charge is -2.20. The van der Waals surface area contributed by atoms with Gasteiger partial charge in [-0.2, -0.15) is 13.2 Å². The monoisotopic (exact) mass is 409 g/mol. The number of halogens is 3. The fourth-order valence-electron chi connectivity index (χ4n) is 2.80. The second-order valence-corrected chi connectivity index (χ2v) is 6.47. The lowest BCUT2D eigenvalue weighted by molar-refractivity contribution is -0.138. The normalized spacial score (nSPS) is 11.3. The minimum atomic E-state index is -4.46. The Morgan fingerprint density at radius 2 is 1.79 bits per heavy atom. The van der Waals surface area contributed by atoms with Crippen LogP contribution in [0.2, 0.25) is 0 Å². The second-order valence-electron chi connectivity index (χ2n) is 6.47. The predicted molar refractivity (Wildman–Crippen MR) is 104 cm³/mol. The van der Waals surface area contributed by atoms with Gasteiger partial charge in [0.25, 0.3) is 0 Å². The number of alkyl halides is 3. The molecule has 0 fully saturated rings. The number of nitrogens with zero attached hydrogens (tertiary/aromatic N) is 1. The van der Waals surface area contributed by atoms with Gasteiger partial charge in [0.1, 0.15) is 5.75 Å². The summed E-state index contributed by atoms with van der Waals surface area (Å²) in [5.41, 5.74) is 0.173. The first-order valence-electron chi connectivity index (χ1n) is 8.69. The fourth-order valence-corrected chi connectivity index (χ4v) is 2.80. The number of hydrogen-bond acceptors (Lipinski definition) is 4. The molecule has 0 radical (unpaired) electrons. The van der Waals surface area contributed by atoms with Crippen LogP contribution in [0.4, 0.5) is 24.5 Å². The zero-order valence-corrected chi connectivity index (χ0v) is 16.3. The number of methoxy groups -OCH3 is 1. The molecule has 0 atom stereocenters. The summed E-state index contributed by atoms with van der Waals surface area (Å²) in [6, 6.07) is 10.0. The van der Waals surface area contributed by atoms with Crippen molar-refractivity contribution in [2.24, 2.45) is 0 Å². The van der Waals surface area contributed by atoms with Gasteiger partial charge in [-0.25, -0.2) is 0 Å². The highest BCUT2D eigenvalue weighted by Crippen LogP contribution is 2.32. The van der Waals surface area contributed by atoms with E-state index in [1.165, 1.54) is 43.2 Å². The Bertz CT molecular complexity index is 885. The van der Waals surface area contributed by atoms with Crippen LogP contribution in [0.1, 0.15) is 18.1 Å². The van der Waals surface area contributed by atoms with Gasteiger partial charge in [-0.3, -0.25) is 14.5 Å². The van der Waals surface area contributed by atoms with E-state index in [1.54, 1.807) is 19.2 Å². The molecule has 2 aromatic carbocycles. The van der Waals surface area contributed by atoms with Gasteiger partial charge < -0.3 is 15.4 Å². The van der Waals surface area contributed by atoms with Gasteiger partial charge in [0.15, 0.2) is 0 Å². The second kappa shape index (κ2) is 9.42. The van der Waals surface area contributed by atoms with Crippen LogP contribution in [0.25, 0.3) is 0 Å². The maximum atomic E-state index is 13.1. The van der Waals surface area contributed by atoms with Crippen molar-refractivity contribution in [2.75, 3.05) is 31.3 Å². The summed E-state index contributed by atoms with van der Waals surface area (Å²) in [5.74, 6) is -0.316. The summed E-state index contributed by atoms with van der Waals surface area (Å²) in [4.78, 5) is 25.1. The van der Waals surface area contributed by atoms with Crippen LogP contribution in [0.15, 0.2) is 42.5 Å². The number of amides is 2. The molecular formula is C20H22F3N3O3. The summed E-state index contributed by atoms with van der Waals surface area (Å²) in [5, 5.41) is 5.26. The van der Waals surface area contributed by atoms with Crippen molar-refractivity contribution >= 4 is 23.2 Å². The van der Waals surface area contributed by atoms with Crippen molar-refractivity contribution in [1.82, 2.24) is 4.90 Å². The van der Waals surface area contributed by atoms with Crippen molar-refractivity contribution in [1.29, 1.82) is 0 Å². The lowest BCUT2D eigenvalue weighted by Crippen LogP contribution is -2.30. The number of carbonyl (C=O) groups excluding carboxylic acids is 2. The third kappa shape index (κ3) is 6.49. The molecule has 0 aliphatic heterocycles. The number of likely N-dealkylation sites (N-methyl/N-ethyl adjacent to an activating group) is 1. The number of hydrogen-bond donors (Lipinski definition) is 2. The summed E-state index contributed by atoms with van der Waals surface area (Å²) < 4.78 is 44.6. The Morgan fingerprint density at radius 3 is 2.41 bits per heavy atom. The van der Waals surface area contributed by atoms with Crippen molar-refractivity contribution in [2.45, 2.75) is 19.6 Å². The van der Waals surface area contributed by atoms with E-state index < -0.39 is 17.6 Å². The van der Waals surface area contributed by atoms with Crippen molar-refractivity contribution in [3.05, 3.63) is 53.6 Å². The van der Waals surface area contributed by atoms with Gasteiger partial charge in [0.2, 0.25) is 11.8 Å². The molecule has 0 spiro atoms. The van der Waals surface area contributed by atoms with Crippen LogP contribution in [-0.2, 0) is 22.3 Å². The molecule has 2 rings (SSSR count). The Hall–Kier alpha value is -3.07. The van der Waals surface area contributed by atoms with Crippen LogP contribution in [-0.4, -0.2) is 37.4 Å². The Kier molecular flexibility index (Phi) is 7.22. The first-order valence-corrected chi connectivity index (χ1v) is 8.69. The SMILES string of the molecule is COc1ccc(NC(C)=O)cc1NC(=O)CN(C)Cc1ccccc1C(F)(F)F. The number of rotatable bonds is 7. The van der Waals surface area contributed by atoms with E-state index >= 15 is 0 Å². The first kappa shape index (κ1) is 22.2. The number of anilines is 2. The maximum absolute atomic E-state index is 13.1. The van der Waals surface area contributed by atoms with E-state index in [4.69, 9.17) is 4.74 Å². The van der Waals surface area contributed by atoms with Crippen LogP contribution in [0.3, 0.4) is 0 Å². The van der Waals surface area contributed by atoms with Gasteiger partial charge in [-0.15, -0.1) is 0 Å². The molecule has 0 aliphatic rings. The van der Waals surface area contributed by atoms with Crippen LogP contribution in [0, 0.1) is 0 Å². The quantitative estimate of drug-likeness (QED) is 0.731. The zero-order valence-electron chi connectivity index (χ0n) is 16.3. The molecule has 0 bridgehead atoms. The number of benzene rings is 2.